The van der Waals surface area contributed by atoms with Crippen molar-refractivity contribution >= 4 is 27.5 Å². The average Bonchev–Trinajstić information content (AvgIpc) is 3.21. The zero-order chi connectivity index (χ0) is 16.2. The normalized spacial score (nSPS) is 19.3. The summed E-state index contributed by atoms with van der Waals surface area (Å²) in [6.07, 6.45) is 2.32. The molecule has 23 heavy (non-hydrogen) atoms. The maximum absolute atomic E-state index is 12.1. The van der Waals surface area contributed by atoms with Gasteiger partial charge in [-0.3, -0.25) is 9.69 Å². The van der Waals surface area contributed by atoms with Crippen LogP contribution >= 0.6 is 11.3 Å². The molecule has 1 N–H and O–H groups in total. The lowest BCUT2D eigenvalue weighted by atomic mass is 10.2. The van der Waals surface area contributed by atoms with Crippen LogP contribution in [0.4, 0.5) is 0 Å². The van der Waals surface area contributed by atoms with Crippen LogP contribution in [-0.4, -0.2) is 48.6 Å². The van der Waals surface area contributed by atoms with E-state index in [9.17, 15) is 4.79 Å². The van der Waals surface area contributed by atoms with E-state index in [1.54, 1.807) is 11.3 Å². The number of amides is 1. The third-order valence-electron chi connectivity index (χ3n) is 4.27. The number of benzene rings is 1. The van der Waals surface area contributed by atoms with Gasteiger partial charge in [-0.1, -0.05) is 12.1 Å². The molecular weight excluding hydrogens is 310 g/mol. The van der Waals surface area contributed by atoms with Crippen LogP contribution in [0.2, 0.25) is 0 Å². The fourth-order valence-corrected chi connectivity index (χ4v) is 3.79. The van der Waals surface area contributed by atoms with Crippen LogP contribution in [0.15, 0.2) is 24.3 Å². The second kappa shape index (κ2) is 7.38. The highest BCUT2D eigenvalue weighted by Crippen LogP contribution is 2.28. The van der Waals surface area contributed by atoms with Crippen molar-refractivity contribution in [2.45, 2.75) is 31.9 Å². The topological polar surface area (TPSA) is 54.5 Å². The number of likely N-dealkylation sites (N-methyl/N-ethyl adjacent to an activating group) is 1. The number of carbonyl (C=O) groups is 1. The molecule has 2 aromatic rings. The Morgan fingerprint density at radius 3 is 3.09 bits per heavy atom. The van der Waals surface area contributed by atoms with E-state index < -0.39 is 0 Å². The molecule has 1 aromatic heterocycles. The Hall–Kier alpha value is -1.50. The second-order valence-electron chi connectivity index (χ2n) is 6.05. The van der Waals surface area contributed by atoms with Gasteiger partial charge in [0.15, 0.2) is 0 Å². The lowest BCUT2D eigenvalue weighted by Gasteiger charge is -2.22. The van der Waals surface area contributed by atoms with Gasteiger partial charge in [-0.15, -0.1) is 11.3 Å². The Morgan fingerprint density at radius 2 is 2.35 bits per heavy atom. The van der Waals surface area contributed by atoms with E-state index in [2.05, 4.69) is 23.3 Å². The first-order valence-electron chi connectivity index (χ1n) is 8.07. The molecule has 0 radical (unpaired) electrons. The largest absolute Gasteiger partial charge is 0.376 e. The number of ether oxygens (including phenoxy) is 1. The van der Waals surface area contributed by atoms with Gasteiger partial charge in [0.05, 0.1) is 28.9 Å². The van der Waals surface area contributed by atoms with E-state index in [0.29, 0.717) is 13.1 Å². The molecular formula is C17H23N3O2S. The molecule has 1 amide bonds. The van der Waals surface area contributed by atoms with Crippen molar-refractivity contribution in [3.05, 3.63) is 29.3 Å². The van der Waals surface area contributed by atoms with E-state index in [4.69, 9.17) is 4.74 Å². The molecule has 0 saturated carbocycles. The van der Waals surface area contributed by atoms with Gasteiger partial charge in [-0.05, 0) is 38.9 Å². The van der Waals surface area contributed by atoms with Gasteiger partial charge in [-0.2, -0.15) is 0 Å². The number of aromatic nitrogens is 1. The van der Waals surface area contributed by atoms with Crippen LogP contribution < -0.4 is 5.32 Å². The van der Waals surface area contributed by atoms with Gasteiger partial charge >= 0.3 is 0 Å². The highest BCUT2D eigenvalue weighted by Gasteiger charge is 2.20. The number of fused-ring (bicyclic) bond motifs is 1. The minimum absolute atomic E-state index is 0.0379. The summed E-state index contributed by atoms with van der Waals surface area (Å²) in [7, 11) is 1.96. The predicted molar refractivity (Wildman–Crippen MR) is 92.6 cm³/mol. The monoisotopic (exact) mass is 333 g/mol. The number of hydrogen-bond donors (Lipinski definition) is 1. The highest BCUT2D eigenvalue weighted by molar-refractivity contribution is 7.18. The van der Waals surface area contributed by atoms with Crippen molar-refractivity contribution in [1.82, 2.24) is 15.2 Å². The Morgan fingerprint density at radius 1 is 1.52 bits per heavy atom. The van der Waals surface area contributed by atoms with Gasteiger partial charge < -0.3 is 10.1 Å². The third kappa shape index (κ3) is 4.07. The summed E-state index contributed by atoms with van der Waals surface area (Å²) in [5.41, 5.74) is 1.02. The predicted octanol–water partition coefficient (Wildman–Crippen LogP) is 2.58. The molecule has 124 valence electrons. The summed E-state index contributed by atoms with van der Waals surface area (Å²) in [6.45, 7) is 3.88. The number of carbonyl (C=O) groups excluding carboxylic acids is 1. The molecule has 0 unspecified atom stereocenters. The Labute approximate surface area is 140 Å². The molecule has 2 heterocycles. The molecule has 1 aromatic carbocycles. The lowest BCUT2D eigenvalue weighted by Crippen LogP contribution is -2.39. The number of nitrogens with zero attached hydrogens (tertiary/aromatic N) is 2. The maximum Gasteiger partial charge on any atom is 0.234 e. The molecule has 0 spiro atoms. The first-order valence-corrected chi connectivity index (χ1v) is 8.89. The SMILES string of the molecule is C[C@@H](c1nc2ccccc2s1)N(C)CC(=O)NC[C@@H]1CCCO1. The van der Waals surface area contributed by atoms with Gasteiger partial charge in [0.1, 0.15) is 5.01 Å². The fourth-order valence-electron chi connectivity index (χ4n) is 2.71. The average molecular weight is 333 g/mol. The zero-order valence-electron chi connectivity index (χ0n) is 13.6. The summed E-state index contributed by atoms with van der Waals surface area (Å²) < 4.78 is 6.71. The Bertz CT molecular complexity index is 634. The molecule has 0 bridgehead atoms. The summed E-state index contributed by atoms with van der Waals surface area (Å²) in [4.78, 5) is 18.8. The molecule has 1 saturated heterocycles. The van der Waals surface area contributed by atoms with Gasteiger partial charge in [0, 0.05) is 13.2 Å². The zero-order valence-corrected chi connectivity index (χ0v) is 14.4. The van der Waals surface area contributed by atoms with Crippen LogP contribution in [0.3, 0.4) is 0 Å². The highest BCUT2D eigenvalue weighted by atomic mass is 32.1. The van der Waals surface area contributed by atoms with Gasteiger partial charge in [-0.25, -0.2) is 4.98 Å². The van der Waals surface area contributed by atoms with Crippen LogP contribution in [0.1, 0.15) is 30.8 Å². The summed E-state index contributed by atoms with van der Waals surface area (Å²) in [5.74, 6) is 0.0379. The number of hydrogen-bond acceptors (Lipinski definition) is 5. The molecule has 3 rings (SSSR count). The molecule has 6 heteroatoms. The quantitative estimate of drug-likeness (QED) is 0.883. The maximum atomic E-state index is 12.1. The number of nitrogens with one attached hydrogen (secondary N) is 1. The standard InChI is InChI=1S/C17H23N3O2S/c1-12(17-19-14-7-3-4-8-15(14)23-17)20(2)11-16(21)18-10-13-6-5-9-22-13/h3-4,7-8,12-13H,5-6,9-11H2,1-2H3,(H,18,21)/t12-,13-/m0/s1. The minimum atomic E-state index is 0.0379. The van der Waals surface area contributed by atoms with Gasteiger partial charge in [0.25, 0.3) is 0 Å². The third-order valence-corrected chi connectivity index (χ3v) is 5.48. The smallest absolute Gasteiger partial charge is 0.234 e. The van der Waals surface area contributed by atoms with Crippen molar-refractivity contribution in [3.8, 4) is 0 Å². The van der Waals surface area contributed by atoms with Crippen LogP contribution in [-0.2, 0) is 9.53 Å². The Balaban J connectivity index is 1.53. The lowest BCUT2D eigenvalue weighted by molar-refractivity contribution is -0.122. The first kappa shape index (κ1) is 16.4. The van der Waals surface area contributed by atoms with Crippen molar-refractivity contribution in [2.75, 3.05) is 26.7 Å². The molecule has 0 aliphatic carbocycles. The fraction of sp³-hybridized carbons (Fsp3) is 0.529. The summed E-state index contributed by atoms with van der Waals surface area (Å²) >= 11 is 1.69. The van der Waals surface area contributed by atoms with E-state index in [1.807, 2.05) is 30.1 Å². The van der Waals surface area contributed by atoms with Gasteiger partial charge in [0.2, 0.25) is 5.91 Å². The van der Waals surface area contributed by atoms with Crippen molar-refractivity contribution in [1.29, 1.82) is 0 Å². The van der Waals surface area contributed by atoms with Crippen LogP contribution in [0, 0.1) is 0 Å². The van der Waals surface area contributed by atoms with E-state index in [0.717, 1.165) is 30.0 Å². The van der Waals surface area contributed by atoms with E-state index in [1.165, 1.54) is 4.70 Å². The molecule has 1 aliphatic heterocycles. The second-order valence-corrected chi connectivity index (χ2v) is 7.11. The van der Waals surface area contributed by atoms with Crippen molar-refractivity contribution in [3.63, 3.8) is 0 Å². The number of rotatable bonds is 6. The molecule has 1 fully saturated rings. The first-order chi connectivity index (χ1) is 11.1. The van der Waals surface area contributed by atoms with E-state index >= 15 is 0 Å². The van der Waals surface area contributed by atoms with Crippen molar-refractivity contribution < 1.29 is 9.53 Å². The molecule has 5 nitrogen and oxygen atoms in total. The minimum Gasteiger partial charge on any atom is -0.376 e. The van der Waals surface area contributed by atoms with Crippen LogP contribution in [0.5, 0.6) is 0 Å². The van der Waals surface area contributed by atoms with Crippen molar-refractivity contribution in [2.24, 2.45) is 0 Å². The Kier molecular flexibility index (Phi) is 5.25. The summed E-state index contributed by atoms with van der Waals surface area (Å²) in [5, 5.41) is 4.01. The number of thiazole rings is 1. The molecule has 1 aliphatic rings. The summed E-state index contributed by atoms with van der Waals surface area (Å²) in [6, 6.07) is 8.24. The molecule has 2 atom stereocenters. The van der Waals surface area contributed by atoms with E-state index in [-0.39, 0.29) is 18.1 Å². The van der Waals surface area contributed by atoms with Crippen LogP contribution in [0.25, 0.3) is 10.2 Å². The number of para-hydroxylation sites is 1.